The van der Waals surface area contributed by atoms with Gasteiger partial charge in [-0.1, -0.05) is 48.5 Å². The highest BCUT2D eigenvalue weighted by Crippen LogP contribution is 2.12. The number of benzene rings is 2. The Labute approximate surface area is 139 Å². The van der Waals surface area contributed by atoms with E-state index in [1.54, 1.807) is 12.1 Å². The molecule has 1 unspecified atom stereocenters. The Morgan fingerprint density at radius 3 is 2.25 bits per heavy atom. The maximum Gasteiger partial charge on any atom is 0.272 e. The minimum atomic E-state index is -0.323. The van der Waals surface area contributed by atoms with Crippen molar-refractivity contribution in [2.45, 2.75) is 13.0 Å². The van der Waals surface area contributed by atoms with E-state index in [-0.39, 0.29) is 23.2 Å². The summed E-state index contributed by atoms with van der Waals surface area (Å²) < 4.78 is 1.22. The van der Waals surface area contributed by atoms with Gasteiger partial charge >= 0.3 is 0 Å². The smallest absolute Gasteiger partial charge is 0.272 e. The number of nitrogens with zero attached hydrogens (tertiary/aromatic N) is 2. The van der Waals surface area contributed by atoms with Crippen LogP contribution in [0.5, 0.6) is 0 Å². The van der Waals surface area contributed by atoms with Crippen molar-refractivity contribution in [2.24, 2.45) is 0 Å². The van der Waals surface area contributed by atoms with E-state index in [0.717, 1.165) is 5.56 Å². The zero-order valence-corrected chi connectivity index (χ0v) is 13.2. The Morgan fingerprint density at radius 1 is 0.958 bits per heavy atom. The number of nitrogens with one attached hydrogen (secondary N) is 1. The molecular formula is C19H17N3O2. The summed E-state index contributed by atoms with van der Waals surface area (Å²) in [5, 5.41) is 7.08. The van der Waals surface area contributed by atoms with Crippen molar-refractivity contribution in [1.29, 1.82) is 0 Å². The number of aromatic nitrogens is 2. The quantitative estimate of drug-likeness (QED) is 0.804. The summed E-state index contributed by atoms with van der Waals surface area (Å²) in [4.78, 5) is 24.4. The van der Waals surface area contributed by atoms with E-state index in [0.29, 0.717) is 5.69 Å². The van der Waals surface area contributed by atoms with Gasteiger partial charge in [-0.3, -0.25) is 9.59 Å². The third-order valence-electron chi connectivity index (χ3n) is 3.68. The molecule has 120 valence electrons. The molecule has 1 heterocycles. The molecule has 1 atom stereocenters. The van der Waals surface area contributed by atoms with Crippen LogP contribution >= 0.6 is 0 Å². The van der Waals surface area contributed by atoms with Crippen molar-refractivity contribution in [3.8, 4) is 5.69 Å². The molecule has 3 aromatic rings. The molecule has 1 N–H and O–H groups in total. The standard InChI is InChI=1S/C19H17N3O2/c1-14(15-8-4-2-5-9-15)20-19(24)17-12-13-18(23)22(21-17)16-10-6-3-7-11-16/h2-14H,1H3,(H,20,24). The third-order valence-corrected chi connectivity index (χ3v) is 3.68. The summed E-state index contributed by atoms with van der Waals surface area (Å²) in [5.74, 6) is -0.323. The number of hydrogen-bond donors (Lipinski definition) is 1. The van der Waals surface area contributed by atoms with Crippen LogP contribution in [0.25, 0.3) is 5.69 Å². The fourth-order valence-electron chi connectivity index (χ4n) is 2.38. The van der Waals surface area contributed by atoms with Crippen molar-refractivity contribution in [2.75, 3.05) is 0 Å². The molecule has 0 radical (unpaired) electrons. The monoisotopic (exact) mass is 319 g/mol. The van der Waals surface area contributed by atoms with Crippen molar-refractivity contribution >= 4 is 5.91 Å². The molecule has 0 bridgehead atoms. The van der Waals surface area contributed by atoms with Crippen LogP contribution in [0.4, 0.5) is 0 Å². The van der Waals surface area contributed by atoms with Gasteiger partial charge in [0.25, 0.3) is 11.5 Å². The topological polar surface area (TPSA) is 64.0 Å². The second-order valence-electron chi connectivity index (χ2n) is 5.41. The van der Waals surface area contributed by atoms with E-state index in [2.05, 4.69) is 10.4 Å². The second-order valence-corrected chi connectivity index (χ2v) is 5.41. The highest BCUT2D eigenvalue weighted by molar-refractivity contribution is 5.92. The molecule has 0 saturated heterocycles. The molecule has 5 heteroatoms. The Bertz CT molecular complexity index is 889. The Hall–Kier alpha value is -3.21. The Balaban J connectivity index is 1.85. The molecular weight excluding hydrogens is 302 g/mol. The maximum atomic E-state index is 12.4. The lowest BCUT2D eigenvalue weighted by molar-refractivity contribution is 0.0933. The van der Waals surface area contributed by atoms with Gasteiger partial charge in [0.05, 0.1) is 11.7 Å². The highest BCUT2D eigenvalue weighted by atomic mass is 16.2. The summed E-state index contributed by atoms with van der Waals surface area (Å²) in [7, 11) is 0. The van der Waals surface area contributed by atoms with Crippen LogP contribution in [0.3, 0.4) is 0 Å². The first-order valence-electron chi connectivity index (χ1n) is 7.67. The number of rotatable bonds is 4. The second kappa shape index (κ2) is 6.91. The minimum absolute atomic E-state index is 0.155. The fourth-order valence-corrected chi connectivity index (χ4v) is 2.38. The van der Waals surface area contributed by atoms with Gasteiger partial charge in [-0.2, -0.15) is 9.78 Å². The lowest BCUT2D eigenvalue weighted by Gasteiger charge is -2.14. The average molecular weight is 319 g/mol. The van der Waals surface area contributed by atoms with E-state index in [9.17, 15) is 9.59 Å². The van der Waals surface area contributed by atoms with Gasteiger partial charge in [0.2, 0.25) is 0 Å². The first-order valence-corrected chi connectivity index (χ1v) is 7.67. The predicted molar refractivity (Wildman–Crippen MR) is 92.2 cm³/mol. The summed E-state index contributed by atoms with van der Waals surface area (Å²) in [6, 6.07) is 21.3. The molecule has 0 aliphatic carbocycles. The molecule has 1 aromatic heterocycles. The van der Waals surface area contributed by atoms with Crippen molar-refractivity contribution in [3.63, 3.8) is 0 Å². The number of para-hydroxylation sites is 1. The van der Waals surface area contributed by atoms with Crippen LogP contribution in [-0.4, -0.2) is 15.7 Å². The molecule has 0 spiro atoms. The molecule has 0 aliphatic heterocycles. The van der Waals surface area contributed by atoms with Crippen LogP contribution in [0.2, 0.25) is 0 Å². The van der Waals surface area contributed by atoms with Gasteiger partial charge in [0.1, 0.15) is 5.69 Å². The average Bonchev–Trinajstić information content (AvgIpc) is 2.63. The molecule has 24 heavy (non-hydrogen) atoms. The Kier molecular flexibility index (Phi) is 4.52. The summed E-state index contributed by atoms with van der Waals surface area (Å²) in [6.45, 7) is 1.90. The number of amides is 1. The lowest BCUT2D eigenvalue weighted by Crippen LogP contribution is -2.30. The SMILES string of the molecule is CC(NC(=O)c1ccc(=O)n(-c2ccccc2)n1)c1ccccc1. The lowest BCUT2D eigenvalue weighted by atomic mass is 10.1. The Morgan fingerprint density at radius 2 is 1.58 bits per heavy atom. The summed E-state index contributed by atoms with van der Waals surface area (Å²) in [6.07, 6.45) is 0. The zero-order valence-electron chi connectivity index (χ0n) is 13.2. The molecule has 2 aromatic carbocycles. The fraction of sp³-hybridized carbons (Fsp3) is 0.105. The predicted octanol–water partition coefficient (Wildman–Crippen LogP) is 2.72. The number of hydrogen-bond acceptors (Lipinski definition) is 3. The first-order chi connectivity index (χ1) is 11.6. The van der Waals surface area contributed by atoms with Crippen molar-refractivity contribution < 1.29 is 4.79 Å². The van der Waals surface area contributed by atoms with Gasteiger partial charge in [0, 0.05) is 6.07 Å². The van der Waals surface area contributed by atoms with Gasteiger partial charge in [-0.25, -0.2) is 0 Å². The summed E-state index contributed by atoms with van der Waals surface area (Å²) in [5.41, 5.74) is 1.53. The third kappa shape index (κ3) is 3.41. The normalized spacial score (nSPS) is 11.7. The van der Waals surface area contributed by atoms with Gasteiger partial charge in [-0.05, 0) is 30.7 Å². The number of carbonyl (C=O) groups excluding carboxylic acids is 1. The molecule has 3 rings (SSSR count). The first kappa shape index (κ1) is 15.7. The van der Waals surface area contributed by atoms with E-state index in [1.165, 1.54) is 16.8 Å². The number of carbonyl (C=O) groups is 1. The largest absolute Gasteiger partial charge is 0.344 e. The van der Waals surface area contributed by atoms with E-state index < -0.39 is 0 Å². The van der Waals surface area contributed by atoms with E-state index in [4.69, 9.17) is 0 Å². The van der Waals surface area contributed by atoms with E-state index >= 15 is 0 Å². The highest BCUT2D eigenvalue weighted by Gasteiger charge is 2.14. The minimum Gasteiger partial charge on any atom is -0.344 e. The van der Waals surface area contributed by atoms with Crippen LogP contribution in [0.15, 0.2) is 77.6 Å². The van der Waals surface area contributed by atoms with Crippen molar-refractivity contribution in [1.82, 2.24) is 15.1 Å². The molecule has 0 fully saturated rings. The maximum absolute atomic E-state index is 12.4. The van der Waals surface area contributed by atoms with Crippen LogP contribution in [0, 0.1) is 0 Å². The summed E-state index contributed by atoms with van der Waals surface area (Å²) >= 11 is 0. The zero-order chi connectivity index (χ0) is 16.9. The van der Waals surface area contributed by atoms with E-state index in [1.807, 2.05) is 55.5 Å². The van der Waals surface area contributed by atoms with Gasteiger partial charge < -0.3 is 5.32 Å². The molecule has 0 saturated carbocycles. The molecule has 0 aliphatic rings. The van der Waals surface area contributed by atoms with Crippen LogP contribution in [-0.2, 0) is 0 Å². The van der Waals surface area contributed by atoms with Gasteiger partial charge in [0.15, 0.2) is 0 Å². The van der Waals surface area contributed by atoms with Crippen LogP contribution in [0.1, 0.15) is 29.0 Å². The molecule has 1 amide bonds. The molecule has 5 nitrogen and oxygen atoms in total. The van der Waals surface area contributed by atoms with Gasteiger partial charge in [-0.15, -0.1) is 0 Å². The van der Waals surface area contributed by atoms with Crippen molar-refractivity contribution in [3.05, 3.63) is 94.4 Å². The van der Waals surface area contributed by atoms with Crippen LogP contribution < -0.4 is 10.9 Å².